The summed E-state index contributed by atoms with van der Waals surface area (Å²) in [6.45, 7) is 4.55. The lowest BCUT2D eigenvalue weighted by atomic mass is 10.1. The van der Waals surface area contributed by atoms with Gasteiger partial charge in [0.1, 0.15) is 5.75 Å². The molecule has 2 rings (SSSR count). The van der Waals surface area contributed by atoms with Crippen LogP contribution in [0.5, 0.6) is 5.75 Å². The number of hydrogen-bond donors (Lipinski definition) is 0. The summed E-state index contributed by atoms with van der Waals surface area (Å²) in [7, 11) is 0. The SMILES string of the molecule is CCOc1ccc(C(=O)c2cc(Br)c(C)s2)cc1. The zero-order valence-electron chi connectivity index (χ0n) is 10.2. The van der Waals surface area contributed by atoms with Crippen molar-refractivity contribution in [1.29, 1.82) is 0 Å². The summed E-state index contributed by atoms with van der Waals surface area (Å²) in [6.07, 6.45) is 0. The van der Waals surface area contributed by atoms with Gasteiger partial charge in [-0.3, -0.25) is 4.79 Å². The van der Waals surface area contributed by atoms with Crippen molar-refractivity contribution in [3.05, 3.63) is 50.1 Å². The average molecular weight is 325 g/mol. The Morgan fingerprint density at radius 2 is 2.00 bits per heavy atom. The molecule has 0 spiro atoms. The van der Waals surface area contributed by atoms with Gasteiger partial charge in [-0.1, -0.05) is 0 Å². The van der Waals surface area contributed by atoms with Crippen LogP contribution in [0.4, 0.5) is 0 Å². The van der Waals surface area contributed by atoms with Crippen LogP contribution in [0.25, 0.3) is 0 Å². The molecule has 0 amide bonds. The normalized spacial score (nSPS) is 10.4. The van der Waals surface area contributed by atoms with E-state index in [1.54, 1.807) is 12.1 Å². The van der Waals surface area contributed by atoms with E-state index in [2.05, 4.69) is 15.9 Å². The van der Waals surface area contributed by atoms with E-state index in [1.807, 2.05) is 32.0 Å². The molecule has 1 aromatic carbocycles. The van der Waals surface area contributed by atoms with Gasteiger partial charge >= 0.3 is 0 Å². The van der Waals surface area contributed by atoms with Crippen molar-refractivity contribution >= 4 is 33.0 Å². The molecule has 0 aliphatic rings. The van der Waals surface area contributed by atoms with Crippen LogP contribution in [0.2, 0.25) is 0 Å². The molecule has 0 N–H and O–H groups in total. The zero-order chi connectivity index (χ0) is 13.1. The van der Waals surface area contributed by atoms with Crippen molar-refractivity contribution in [3.63, 3.8) is 0 Å². The van der Waals surface area contributed by atoms with E-state index in [4.69, 9.17) is 4.74 Å². The lowest BCUT2D eigenvalue weighted by Gasteiger charge is -2.03. The van der Waals surface area contributed by atoms with Gasteiger partial charge in [-0.15, -0.1) is 11.3 Å². The van der Waals surface area contributed by atoms with Crippen LogP contribution in [-0.4, -0.2) is 12.4 Å². The lowest BCUT2D eigenvalue weighted by Crippen LogP contribution is -1.98. The first kappa shape index (κ1) is 13.3. The van der Waals surface area contributed by atoms with Gasteiger partial charge in [-0.2, -0.15) is 0 Å². The second-order valence-electron chi connectivity index (χ2n) is 3.80. The van der Waals surface area contributed by atoms with Crippen LogP contribution >= 0.6 is 27.3 Å². The molecule has 0 fully saturated rings. The first-order valence-electron chi connectivity index (χ1n) is 5.65. The number of aryl methyl sites for hydroxylation is 1. The fourth-order valence-corrected chi connectivity index (χ4v) is 3.08. The summed E-state index contributed by atoms with van der Waals surface area (Å²) in [4.78, 5) is 14.1. The number of carbonyl (C=O) groups excluding carboxylic acids is 1. The van der Waals surface area contributed by atoms with Gasteiger partial charge in [0.25, 0.3) is 0 Å². The molecular weight excluding hydrogens is 312 g/mol. The zero-order valence-corrected chi connectivity index (χ0v) is 12.6. The minimum atomic E-state index is 0.0526. The number of ether oxygens (including phenoxy) is 1. The molecule has 0 unspecified atom stereocenters. The third-order valence-corrected chi connectivity index (χ3v) is 4.64. The van der Waals surface area contributed by atoms with E-state index < -0.39 is 0 Å². The molecule has 0 saturated carbocycles. The maximum Gasteiger partial charge on any atom is 0.202 e. The highest BCUT2D eigenvalue weighted by Gasteiger charge is 2.13. The minimum absolute atomic E-state index is 0.0526. The number of rotatable bonds is 4. The smallest absolute Gasteiger partial charge is 0.202 e. The van der Waals surface area contributed by atoms with Gasteiger partial charge in [-0.05, 0) is 60.1 Å². The number of benzene rings is 1. The largest absolute Gasteiger partial charge is 0.494 e. The van der Waals surface area contributed by atoms with E-state index in [9.17, 15) is 4.79 Å². The van der Waals surface area contributed by atoms with Crippen molar-refractivity contribution in [1.82, 2.24) is 0 Å². The van der Waals surface area contributed by atoms with Gasteiger partial charge in [0.05, 0.1) is 11.5 Å². The molecule has 2 aromatic rings. The first-order chi connectivity index (χ1) is 8.61. The third-order valence-electron chi connectivity index (χ3n) is 2.51. The Kier molecular flexibility index (Phi) is 4.19. The Labute approximate surface area is 119 Å². The minimum Gasteiger partial charge on any atom is -0.494 e. The topological polar surface area (TPSA) is 26.3 Å². The Morgan fingerprint density at radius 3 is 2.50 bits per heavy atom. The van der Waals surface area contributed by atoms with E-state index in [0.29, 0.717) is 12.2 Å². The van der Waals surface area contributed by atoms with Gasteiger partial charge in [0, 0.05) is 14.9 Å². The summed E-state index contributed by atoms with van der Waals surface area (Å²) >= 11 is 4.93. The van der Waals surface area contributed by atoms with Crippen molar-refractivity contribution < 1.29 is 9.53 Å². The quantitative estimate of drug-likeness (QED) is 0.777. The molecule has 1 heterocycles. The summed E-state index contributed by atoms with van der Waals surface area (Å²) in [6, 6.07) is 9.13. The predicted molar refractivity (Wildman–Crippen MR) is 77.8 cm³/mol. The molecule has 0 aliphatic carbocycles. The Bertz CT molecular complexity index is 538. The van der Waals surface area contributed by atoms with Crippen molar-refractivity contribution in [2.75, 3.05) is 6.61 Å². The van der Waals surface area contributed by atoms with Crippen LogP contribution in [0, 0.1) is 6.92 Å². The highest BCUT2D eigenvalue weighted by atomic mass is 79.9. The second kappa shape index (κ2) is 5.67. The number of halogens is 1. The van der Waals surface area contributed by atoms with Gasteiger partial charge in [-0.25, -0.2) is 0 Å². The average Bonchev–Trinajstić information content (AvgIpc) is 2.70. The fraction of sp³-hybridized carbons (Fsp3) is 0.214. The molecule has 0 aliphatic heterocycles. The van der Waals surface area contributed by atoms with E-state index >= 15 is 0 Å². The molecule has 0 saturated heterocycles. The third kappa shape index (κ3) is 2.82. The molecule has 2 nitrogen and oxygen atoms in total. The number of carbonyl (C=O) groups is 1. The van der Waals surface area contributed by atoms with Crippen molar-refractivity contribution in [2.45, 2.75) is 13.8 Å². The van der Waals surface area contributed by atoms with Crippen molar-refractivity contribution in [3.8, 4) is 5.75 Å². The second-order valence-corrected chi connectivity index (χ2v) is 5.91. The number of ketones is 1. The molecule has 0 bridgehead atoms. The van der Waals surface area contributed by atoms with Crippen LogP contribution in [0.3, 0.4) is 0 Å². The Balaban J connectivity index is 2.23. The van der Waals surface area contributed by atoms with E-state index in [1.165, 1.54) is 11.3 Å². The van der Waals surface area contributed by atoms with Gasteiger partial charge in [0.15, 0.2) is 0 Å². The van der Waals surface area contributed by atoms with Crippen LogP contribution < -0.4 is 4.74 Å². The molecule has 94 valence electrons. The molecular formula is C14H13BrO2S. The Morgan fingerprint density at radius 1 is 1.33 bits per heavy atom. The molecule has 0 radical (unpaired) electrons. The molecule has 1 aromatic heterocycles. The molecule has 4 heteroatoms. The van der Waals surface area contributed by atoms with Gasteiger partial charge < -0.3 is 4.74 Å². The highest BCUT2D eigenvalue weighted by molar-refractivity contribution is 9.10. The Hall–Kier alpha value is -1.13. The summed E-state index contributed by atoms with van der Waals surface area (Å²) in [5.74, 6) is 0.842. The predicted octanol–water partition coefficient (Wildman–Crippen LogP) is 4.45. The van der Waals surface area contributed by atoms with Gasteiger partial charge in [0.2, 0.25) is 5.78 Å². The highest BCUT2D eigenvalue weighted by Crippen LogP contribution is 2.28. The summed E-state index contributed by atoms with van der Waals surface area (Å²) < 4.78 is 6.34. The maximum absolute atomic E-state index is 12.2. The van der Waals surface area contributed by atoms with Crippen LogP contribution in [0.15, 0.2) is 34.8 Å². The van der Waals surface area contributed by atoms with E-state index in [0.717, 1.165) is 20.0 Å². The monoisotopic (exact) mass is 324 g/mol. The molecule has 18 heavy (non-hydrogen) atoms. The maximum atomic E-state index is 12.2. The number of hydrogen-bond acceptors (Lipinski definition) is 3. The fourth-order valence-electron chi connectivity index (χ4n) is 1.58. The molecule has 0 atom stereocenters. The standard InChI is InChI=1S/C14H13BrO2S/c1-3-17-11-6-4-10(5-7-11)14(16)13-8-12(15)9(2)18-13/h4-8H,3H2,1-2H3. The summed E-state index contributed by atoms with van der Waals surface area (Å²) in [5, 5.41) is 0. The lowest BCUT2D eigenvalue weighted by molar-refractivity contribution is 0.104. The van der Waals surface area contributed by atoms with Crippen LogP contribution in [-0.2, 0) is 0 Å². The van der Waals surface area contributed by atoms with E-state index in [-0.39, 0.29) is 5.78 Å². The summed E-state index contributed by atoms with van der Waals surface area (Å²) in [5.41, 5.74) is 0.687. The first-order valence-corrected chi connectivity index (χ1v) is 7.26. The number of thiophene rings is 1. The van der Waals surface area contributed by atoms with Crippen LogP contribution in [0.1, 0.15) is 27.0 Å². The van der Waals surface area contributed by atoms with Crippen molar-refractivity contribution in [2.24, 2.45) is 0 Å².